The molecule has 4 heteroatoms. The Kier molecular flexibility index (Phi) is 6.91. The molecule has 1 aliphatic carbocycles. The molecule has 2 N–H and O–H groups in total. The van der Waals surface area contributed by atoms with Gasteiger partial charge >= 0.3 is 0 Å². The van der Waals surface area contributed by atoms with Crippen molar-refractivity contribution in [2.75, 3.05) is 13.1 Å². The van der Waals surface area contributed by atoms with Crippen LogP contribution in [0.25, 0.3) is 0 Å². The number of hydrogen-bond acceptors (Lipinski definition) is 2. The highest BCUT2D eigenvalue weighted by atomic mass is 35.5. The van der Waals surface area contributed by atoms with Gasteiger partial charge < -0.3 is 10.6 Å². The summed E-state index contributed by atoms with van der Waals surface area (Å²) < 4.78 is 0. The number of hydrogen-bond donors (Lipinski definition) is 1. The van der Waals surface area contributed by atoms with E-state index in [2.05, 4.69) is 35.2 Å². The summed E-state index contributed by atoms with van der Waals surface area (Å²) in [5.41, 5.74) is 7.37. The number of likely N-dealkylation sites (tertiary alicyclic amines) is 1. The van der Waals surface area contributed by atoms with Gasteiger partial charge in [0.15, 0.2) is 0 Å². The van der Waals surface area contributed by atoms with Crippen LogP contribution in [0.15, 0.2) is 30.3 Å². The maximum absolute atomic E-state index is 12.5. The van der Waals surface area contributed by atoms with Crippen LogP contribution < -0.4 is 5.73 Å². The van der Waals surface area contributed by atoms with Gasteiger partial charge in [-0.15, -0.1) is 12.4 Å². The molecule has 23 heavy (non-hydrogen) atoms. The van der Waals surface area contributed by atoms with E-state index >= 15 is 0 Å². The first-order valence-electron chi connectivity index (χ1n) is 8.80. The largest absolute Gasteiger partial charge is 0.342 e. The second-order valence-corrected chi connectivity index (χ2v) is 7.06. The average Bonchev–Trinajstić information content (AvgIpc) is 3.00. The van der Waals surface area contributed by atoms with E-state index < -0.39 is 0 Å². The van der Waals surface area contributed by atoms with Gasteiger partial charge in [0, 0.05) is 25.0 Å². The van der Waals surface area contributed by atoms with Crippen LogP contribution >= 0.6 is 12.4 Å². The fourth-order valence-electron chi connectivity index (χ4n) is 3.96. The zero-order valence-corrected chi connectivity index (χ0v) is 14.6. The van der Waals surface area contributed by atoms with Crippen molar-refractivity contribution in [3.63, 3.8) is 0 Å². The fraction of sp³-hybridized carbons (Fsp3) is 0.632. The Bertz CT molecular complexity index is 485. The smallest absolute Gasteiger partial charge is 0.225 e. The van der Waals surface area contributed by atoms with Crippen LogP contribution in [0.3, 0.4) is 0 Å². The molecule has 0 aromatic heterocycles. The number of carbonyl (C=O) groups excluding carboxylic acids is 1. The number of rotatable bonds is 4. The van der Waals surface area contributed by atoms with Crippen LogP contribution in [0.5, 0.6) is 0 Å². The molecule has 1 saturated carbocycles. The zero-order chi connectivity index (χ0) is 15.4. The molecule has 2 atom stereocenters. The Balaban J connectivity index is 0.00000192. The molecule has 1 aromatic carbocycles. The number of aryl methyl sites for hydroxylation is 1. The highest BCUT2D eigenvalue weighted by Gasteiger charge is 2.32. The van der Waals surface area contributed by atoms with Crippen LogP contribution in [-0.4, -0.2) is 29.9 Å². The van der Waals surface area contributed by atoms with Gasteiger partial charge in [-0.3, -0.25) is 4.79 Å². The zero-order valence-electron chi connectivity index (χ0n) is 13.8. The van der Waals surface area contributed by atoms with Gasteiger partial charge in [0.25, 0.3) is 0 Å². The molecule has 2 aliphatic rings. The SMILES string of the molecule is Cl.NC1CCC(C(=O)N2CCC(CCc3ccccc3)CC2)C1. The topological polar surface area (TPSA) is 46.3 Å². The molecule has 1 aromatic rings. The number of benzene rings is 1. The lowest BCUT2D eigenvalue weighted by molar-refractivity contribution is -0.136. The van der Waals surface area contributed by atoms with E-state index in [1.165, 1.54) is 12.0 Å². The van der Waals surface area contributed by atoms with Gasteiger partial charge in [-0.1, -0.05) is 30.3 Å². The van der Waals surface area contributed by atoms with Crippen molar-refractivity contribution in [3.8, 4) is 0 Å². The van der Waals surface area contributed by atoms with Crippen molar-refractivity contribution in [1.29, 1.82) is 0 Å². The number of nitrogens with zero attached hydrogens (tertiary/aromatic N) is 1. The van der Waals surface area contributed by atoms with Crippen LogP contribution in [0.1, 0.15) is 44.1 Å². The van der Waals surface area contributed by atoms with E-state index in [4.69, 9.17) is 5.73 Å². The first-order chi connectivity index (χ1) is 10.7. The van der Waals surface area contributed by atoms with E-state index in [0.29, 0.717) is 5.91 Å². The third-order valence-corrected chi connectivity index (χ3v) is 5.43. The molecule has 2 unspecified atom stereocenters. The minimum Gasteiger partial charge on any atom is -0.342 e. The molecule has 0 radical (unpaired) electrons. The summed E-state index contributed by atoms with van der Waals surface area (Å²) in [5, 5.41) is 0. The number of carbonyl (C=O) groups is 1. The lowest BCUT2D eigenvalue weighted by Crippen LogP contribution is -2.41. The minimum atomic E-state index is 0. The monoisotopic (exact) mass is 336 g/mol. The third kappa shape index (κ3) is 4.95. The summed E-state index contributed by atoms with van der Waals surface area (Å²) >= 11 is 0. The van der Waals surface area contributed by atoms with Gasteiger partial charge in [-0.25, -0.2) is 0 Å². The predicted octanol–water partition coefficient (Wildman–Crippen LogP) is 3.41. The molecule has 3 nitrogen and oxygen atoms in total. The summed E-state index contributed by atoms with van der Waals surface area (Å²) in [6.07, 6.45) is 7.65. The minimum absolute atomic E-state index is 0. The summed E-state index contributed by atoms with van der Waals surface area (Å²) in [7, 11) is 0. The average molecular weight is 337 g/mol. The van der Waals surface area contributed by atoms with Crippen LogP contribution in [0, 0.1) is 11.8 Å². The Labute approximate surface area is 146 Å². The maximum Gasteiger partial charge on any atom is 0.225 e. The van der Waals surface area contributed by atoms with Gasteiger partial charge in [0.05, 0.1) is 0 Å². The molecule has 1 heterocycles. The normalized spacial score (nSPS) is 25.2. The highest BCUT2D eigenvalue weighted by Crippen LogP contribution is 2.29. The van der Waals surface area contributed by atoms with E-state index in [9.17, 15) is 4.79 Å². The van der Waals surface area contributed by atoms with Crippen molar-refractivity contribution in [1.82, 2.24) is 4.90 Å². The maximum atomic E-state index is 12.5. The predicted molar refractivity (Wildman–Crippen MR) is 96.6 cm³/mol. The first kappa shape index (κ1) is 18.3. The second kappa shape index (κ2) is 8.70. The van der Waals surface area contributed by atoms with Crippen molar-refractivity contribution in [2.45, 2.75) is 51.0 Å². The van der Waals surface area contributed by atoms with Crippen LogP contribution in [0.4, 0.5) is 0 Å². The summed E-state index contributed by atoms with van der Waals surface area (Å²) in [6, 6.07) is 11.0. The van der Waals surface area contributed by atoms with Crippen LogP contribution in [-0.2, 0) is 11.2 Å². The van der Waals surface area contributed by atoms with E-state index in [-0.39, 0.29) is 24.4 Å². The Morgan fingerprint density at radius 3 is 2.39 bits per heavy atom. The van der Waals surface area contributed by atoms with E-state index in [0.717, 1.165) is 57.5 Å². The number of halogens is 1. The van der Waals surface area contributed by atoms with Gasteiger partial charge in [0.1, 0.15) is 0 Å². The molecule has 3 rings (SSSR count). The molecule has 0 spiro atoms. The van der Waals surface area contributed by atoms with Crippen LogP contribution in [0.2, 0.25) is 0 Å². The van der Waals surface area contributed by atoms with E-state index in [1.807, 2.05) is 0 Å². The third-order valence-electron chi connectivity index (χ3n) is 5.43. The van der Waals surface area contributed by atoms with Gasteiger partial charge in [-0.2, -0.15) is 0 Å². The Morgan fingerprint density at radius 1 is 1.09 bits per heavy atom. The summed E-state index contributed by atoms with van der Waals surface area (Å²) in [5.74, 6) is 1.35. The molecular formula is C19H29ClN2O. The molecule has 128 valence electrons. The summed E-state index contributed by atoms with van der Waals surface area (Å²) in [4.78, 5) is 14.6. The molecule has 1 saturated heterocycles. The quantitative estimate of drug-likeness (QED) is 0.915. The first-order valence-corrected chi connectivity index (χ1v) is 8.80. The molecule has 2 fully saturated rings. The lowest BCUT2D eigenvalue weighted by Gasteiger charge is -2.33. The number of piperidine rings is 1. The number of amides is 1. The van der Waals surface area contributed by atoms with E-state index in [1.54, 1.807) is 0 Å². The lowest BCUT2D eigenvalue weighted by atomic mass is 9.90. The Morgan fingerprint density at radius 2 is 1.78 bits per heavy atom. The Hall–Kier alpha value is -1.06. The molecular weight excluding hydrogens is 308 g/mol. The number of nitrogens with two attached hydrogens (primary N) is 1. The van der Waals surface area contributed by atoms with Crippen molar-refractivity contribution < 1.29 is 4.79 Å². The summed E-state index contributed by atoms with van der Waals surface area (Å²) in [6.45, 7) is 1.90. The van der Waals surface area contributed by atoms with Gasteiger partial charge in [0.2, 0.25) is 5.91 Å². The van der Waals surface area contributed by atoms with Gasteiger partial charge in [-0.05, 0) is 56.4 Å². The molecule has 0 bridgehead atoms. The van der Waals surface area contributed by atoms with Crippen molar-refractivity contribution in [3.05, 3.63) is 35.9 Å². The fourth-order valence-corrected chi connectivity index (χ4v) is 3.96. The highest BCUT2D eigenvalue weighted by molar-refractivity contribution is 5.85. The van der Waals surface area contributed by atoms with Crippen molar-refractivity contribution in [2.24, 2.45) is 17.6 Å². The molecule has 1 amide bonds. The standard InChI is InChI=1S/C19H28N2O.ClH/c20-18-9-8-17(14-18)19(22)21-12-10-16(11-13-21)7-6-15-4-2-1-3-5-15;/h1-5,16-18H,6-14,20H2;1H. The molecule has 1 aliphatic heterocycles. The second-order valence-electron chi connectivity index (χ2n) is 7.06. The van der Waals surface area contributed by atoms with Crippen molar-refractivity contribution >= 4 is 18.3 Å².